The largest absolute Gasteiger partial charge is 0.454 e. The van der Waals surface area contributed by atoms with Crippen LogP contribution in [-0.2, 0) is 6.42 Å². The molecule has 158 valence electrons. The Morgan fingerprint density at radius 3 is 2.84 bits per heavy atom. The highest BCUT2D eigenvalue weighted by molar-refractivity contribution is 6.32. The Morgan fingerprint density at radius 1 is 1.32 bits per heavy atom. The van der Waals surface area contributed by atoms with Crippen molar-refractivity contribution in [2.24, 2.45) is 0 Å². The average molecular weight is 442 g/mol. The van der Waals surface area contributed by atoms with Gasteiger partial charge in [0.15, 0.2) is 11.5 Å². The van der Waals surface area contributed by atoms with Gasteiger partial charge in [-0.3, -0.25) is 4.79 Å². The quantitative estimate of drug-likeness (QED) is 0.567. The summed E-state index contributed by atoms with van der Waals surface area (Å²) in [5.74, 6) is 0.351. The number of hydrogen-bond donors (Lipinski definition) is 2. The van der Waals surface area contributed by atoms with Crippen LogP contribution in [0.2, 0.25) is 5.02 Å². The molecule has 31 heavy (non-hydrogen) atoms. The Hall–Kier alpha value is -3.77. The number of nitrogens with two attached hydrogens (primary N) is 1. The maximum Gasteiger partial charge on any atom is 0.251 e. The number of amides is 1. The van der Waals surface area contributed by atoms with E-state index in [2.05, 4.69) is 16.5 Å². The first-order chi connectivity index (χ1) is 15.0. The van der Waals surface area contributed by atoms with Gasteiger partial charge in [-0.1, -0.05) is 11.6 Å². The number of aromatic nitrogens is 2. The zero-order chi connectivity index (χ0) is 22.0. The molecule has 1 aromatic heterocycles. The van der Waals surface area contributed by atoms with Gasteiger partial charge >= 0.3 is 0 Å². The lowest BCUT2D eigenvalue weighted by Crippen LogP contribution is -2.24. The standard InChI is InChI=1S/C21H17ClFN5O3/c22-16-8-12(9-18-19(16)31-11-30-18)21(29)26-7-1-2-17-15(10-24)20(25)28(27-17)14-5-3-13(23)4-6-14/h3-6,8-9H,1-2,7,11,25H2,(H,26,29). The van der Waals surface area contributed by atoms with Gasteiger partial charge in [-0.2, -0.15) is 10.4 Å². The summed E-state index contributed by atoms with van der Waals surface area (Å²) in [4.78, 5) is 12.4. The molecule has 1 amide bonds. The molecule has 0 bridgehead atoms. The van der Waals surface area contributed by atoms with Gasteiger partial charge in [0.2, 0.25) is 6.79 Å². The van der Waals surface area contributed by atoms with Crippen LogP contribution in [-0.4, -0.2) is 29.0 Å². The van der Waals surface area contributed by atoms with Crippen molar-refractivity contribution in [3.63, 3.8) is 0 Å². The van der Waals surface area contributed by atoms with Crippen LogP contribution in [0.5, 0.6) is 11.5 Å². The molecule has 0 saturated carbocycles. The zero-order valence-corrected chi connectivity index (χ0v) is 16.9. The fraction of sp³-hybridized carbons (Fsp3) is 0.190. The fourth-order valence-corrected chi connectivity index (χ4v) is 3.48. The summed E-state index contributed by atoms with van der Waals surface area (Å²) in [6.45, 7) is 0.411. The van der Waals surface area contributed by atoms with E-state index < -0.39 is 0 Å². The smallest absolute Gasteiger partial charge is 0.251 e. The number of nitrogens with zero attached hydrogens (tertiary/aromatic N) is 3. The van der Waals surface area contributed by atoms with Crippen molar-refractivity contribution in [3.05, 3.63) is 64.1 Å². The SMILES string of the molecule is N#Cc1c(CCCNC(=O)c2cc(Cl)c3c(c2)OCO3)nn(-c2ccc(F)cc2)c1N. The van der Waals surface area contributed by atoms with Gasteiger partial charge in [0, 0.05) is 12.1 Å². The first-order valence-electron chi connectivity index (χ1n) is 9.38. The second-order valence-corrected chi connectivity index (χ2v) is 7.17. The lowest BCUT2D eigenvalue weighted by Gasteiger charge is -2.07. The number of nitrogen functional groups attached to an aromatic ring is 1. The molecule has 0 spiro atoms. The van der Waals surface area contributed by atoms with E-state index in [0.717, 1.165) is 0 Å². The number of carbonyl (C=O) groups is 1. The van der Waals surface area contributed by atoms with E-state index in [1.165, 1.54) is 35.0 Å². The normalized spacial score (nSPS) is 11.9. The third kappa shape index (κ3) is 4.11. The Kier molecular flexibility index (Phi) is 5.64. The second-order valence-electron chi connectivity index (χ2n) is 6.76. The number of anilines is 1. The molecule has 0 unspecified atom stereocenters. The summed E-state index contributed by atoms with van der Waals surface area (Å²) >= 11 is 6.11. The molecular weight excluding hydrogens is 425 g/mol. The van der Waals surface area contributed by atoms with Crippen LogP contribution in [0.4, 0.5) is 10.2 Å². The van der Waals surface area contributed by atoms with Crippen molar-refractivity contribution >= 4 is 23.3 Å². The fourth-order valence-electron chi connectivity index (χ4n) is 3.21. The number of aryl methyl sites for hydroxylation is 1. The van der Waals surface area contributed by atoms with Crippen molar-refractivity contribution in [1.82, 2.24) is 15.1 Å². The van der Waals surface area contributed by atoms with Crippen molar-refractivity contribution in [2.45, 2.75) is 12.8 Å². The number of rotatable bonds is 6. The van der Waals surface area contributed by atoms with Crippen LogP contribution < -0.4 is 20.5 Å². The van der Waals surface area contributed by atoms with Crippen molar-refractivity contribution in [3.8, 4) is 23.3 Å². The first kappa shape index (κ1) is 20.5. The van der Waals surface area contributed by atoms with Crippen molar-refractivity contribution in [1.29, 1.82) is 5.26 Å². The minimum absolute atomic E-state index is 0.0645. The van der Waals surface area contributed by atoms with E-state index in [1.54, 1.807) is 6.07 Å². The molecule has 0 aliphatic carbocycles. The summed E-state index contributed by atoms with van der Waals surface area (Å²) in [5, 5.41) is 17.0. The molecule has 0 radical (unpaired) electrons. The van der Waals surface area contributed by atoms with Crippen molar-refractivity contribution in [2.75, 3.05) is 19.1 Å². The summed E-state index contributed by atoms with van der Waals surface area (Å²) in [6, 6.07) is 10.8. The van der Waals surface area contributed by atoms with Gasteiger partial charge in [0.25, 0.3) is 5.91 Å². The highest BCUT2D eigenvalue weighted by atomic mass is 35.5. The predicted molar refractivity (Wildman–Crippen MR) is 111 cm³/mol. The van der Waals surface area contributed by atoms with Gasteiger partial charge in [-0.25, -0.2) is 9.07 Å². The topological polar surface area (TPSA) is 115 Å². The number of carbonyl (C=O) groups excluding carboxylic acids is 1. The Bertz CT molecular complexity index is 1190. The molecular formula is C21H17ClFN5O3. The Labute approximate surface area is 181 Å². The molecule has 0 saturated heterocycles. The molecule has 0 atom stereocenters. The Balaban J connectivity index is 1.39. The highest BCUT2D eigenvalue weighted by Gasteiger charge is 2.21. The number of benzene rings is 2. The number of fused-ring (bicyclic) bond motifs is 1. The van der Waals surface area contributed by atoms with E-state index in [9.17, 15) is 14.4 Å². The molecule has 1 aliphatic heterocycles. The average Bonchev–Trinajstić information content (AvgIpc) is 3.36. The molecule has 10 heteroatoms. The lowest BCUT2D eigenvalue weighted by molar-refractivity contribution is 0.0952. The minimum Gasteiger partial charge on any atom is -0.454 e. The third-order valence-electron chi connectivity index (χ3n) is 4.74. The molecule has 3 N–H and O–H groups in total. The molecule has 4 rings (SSSR count). The van der Waals surface area contributed by atoms with Gasteiger partial charge < -0.3 is 20.5 Å². The predicted octanol–water partition coefficient (Wildman–Crippen LogP) is 3.21. The number of nitrogens with one attached hydrogen (secondary N) is 1. The van der Waals surface area contributed by atoms with E-state index >= 15 is 0 Å². The van der Waals surface area contributed by atoms with Crippen LogP contribution in [0.3, 0.4) is 0 Å². The third-order valence-corrected chi connectivity index (χ3v) is 5.02. The number of ether oxygens (including phenoxy) is 2. The maximum absolute atomic E-state index is 13.2. The highest BCUT2D eigenvalue weighted by Crippen LogP contribution is 2.39. The molecule has 2 aromatic carbocycles. The summed E-state index contributed by atoms with van der Waals surface area (Å²) < 4.78 is 25.1. The van der Waals surface area contributed by atoms with Gasteiger partial charge in [-0.05, 0) is 49.2 Å². The molecule has 8 nitrogen and oxygen atoms in total. The lowest BCUT2D eigenvalue weighted by atomic mass is 10.1. The summed E-state index contributed by atoms with van der Waals surface area (Å²) in [5.41, 5.74) is 7.73. The molecule has 1 aliphatic rings. The number of hydrogen-bond acceptors (Lipinski definition) is 6. The van der Waals surface area contributed by atoms with Crippen LogP contribution in [0.1, 0.15) is 28.0 Å². The number of nitriles is 1. The van der Waals surface area contributed by atoms with E-state index in [0.29, 0.717) is 52.9 Å². The second kappa shape index (κ2) is 8.53. The van der Waals surface area contributed by atoms with Crippen LogP contribution in [0.15, 0.2) is 36.4 Å². The van der Waals surface area contributed by atoms with E-state index in [4.69, 9.17) is 26.8 Å². The minimum atomic E-state index is -0.380. The summed E-state index contributed by atoms with van der Waals surface area (Å²) in [6.07, 6.45) is 0.946. The zero-order valence-electron chi connectivity index (χ0n) is 16.2. The van der Waals surface area contributed by atoms with Crippen LogP contribution in [0.25, 0.3) is 5.69 Å². The van der Waals surface area contributed by atoms with Gasteiger partial charge in [0.1, 0.15) is 23.3 Å². The van der Waals surface area contributed by atoms with Crippen LogP contribution in [0, 0.1) is 17.1 Å². The molecule has 0 fully saturated rings. The maximum atomic E-state index is 13.2. The van der Waals surface area contributed by atoms with Gasteiger partial charge in [0.05, 0.1) is 16.4 Å². The van der Waals surface area contributed by atoms with E-state index in [-0.39, 0.29) is 29.9 Å². The molecule has 2 heterocycles. The summed E-state index contributed by atoms with van der Waals surface area (Å²) in [7, 11) is 0. The van der Waals surface area contributed by atoms with Crippen molar-refractivity contribution < 1.29 is 18.7 Å². The molecule has 3 aromatic rings. The number of halogens is 2. The van der Waals surface area contributed by atoms with E-state index in [1.807, 2.05) is 0 Å². The van der Waals surface area contributed by atoms with Crippen LogP contribution >= 0.6 is 11.6 Å². The van der Waals surface area contributed by atoms with Gasteiger partial charge in [-0.15, -0.1) is 0 Å². The monoisotopic (exact) mass is 441 g/mol. The Morgan fingerprint density at radius 2 is 2.10 bits per heavy atom. The first-order valence-corrected chi connectivity index (χ1v) is 9.76.